The minimum atomic E-state index is -0.411. The number of nitrogens with two attached hydrogens (primary N) is 1. The van der Waals surface area contributed by atoms with Crippen LogP contribution in [0.2, 0.25) is 5.02 Å². The largest absolute Gasteiger partial charge is 0.368 e. The predicted octanol–water partition coefficient (Wildman–Crippen LogP) is 2.47. The van der Waals surface area contributed by atoms with Crippen molar-refractivity contribution >= 4 is 40.1 Å². The van der Waals surface area contributed by atoms with Crippen LogP contribution >= 0.6 is 11.6 Å². The molecule has 0 aliphatic rings. The van der Waals surface area contributed by atoms with Crippen molar-refractivity contribution in [3.05, 3.63) is 35.2 Å². The van der Waals surface area contributed by atoms with E-state index in [1.54, 1.807) is 6.20 Å². The first-order valence-corrected chi connectivity index (χ1v) is 5.70. The Kier molecular flexibility index (Phi) is 2.68. The van der Waals surface area contributed by atoms with Gasteiger partial charge in [0.2, 0.25) is 5.95 Å². The van der Waals surface area contributed by atoms with Crippen molar-refractivity contribution in [2.75, 3.05) is 11.1 Å². The van der Waals surface area contributed by atoms with E-state index < -0.39 is 5.82 Å². The predicted molar refractivity (Wildman–Crippen MR) is 70.8 cm³/mol. The molecule has 6 nitrogen and oxygen atoms in total. The molecule has 3 aromatic rings. The molecule has 2 aromatic heterocycles. The van der Waals surface area contributed by atoms with E-state index in [0.29, 0.717) is 22.5 Å². The number of anilines is 3. The number of H-pyrrole nitrogens is 1. The summed E-state index contributed by atoms with van der Waals surface area (Å²) >= 11 is 5.94. The fourth-order valence-corrected chi connectivity index (χ4v) is 1.88. The lowest BCUT2D eigenvalue weighted by molar-refractivity contribution is 0.628. The fraction of sp³-hybridized carbons (Fsp3) is 0. The zero-order chi connectivity index (χ0) is 13.4. The van der Waals surface area contributed by atoms with Crippen LogP contribution in [0.4, 0.5) is 21.8 Å². The zero-order valence-corrected chi connectivity index (χ0v) is 10.2. The maximum absolute atomic E-state index is 13.0. The lowest BCUT2D eigenvalue weighted by Crippen LogP contribution is -2.01. The maximum atomic E-state index is 13.0. The topological polar surface area (TPSA) is 92.5 Å². The number of nitrogen functional groups attached to an aromatic ring is 1. The molecular weight excluding hydrogens is 271 g/mol. The summed E-state index contributed by atoms with van der Waals surface area (Å²) in [6.07, 6.45) is 1.56. The van der Waals surface area contributed by atoms with Crippen molar-refractivity contribution in [3.63, 3.8) is 0 Å². The van der Waals surface area contributed by atoms with E-state index in [2.05, 4.69) is 25.5 Å². The molecule has 0 amide bonds. The molecule has 96 valence electrons. The van der Waals surface area contributed by atoms with Gasteiger partial charge in [-0.1, -0.05) is 11.6 Å². The van der Waals surface area contributed by atoms with Crippen LogP contribution in [0.5, 0.6) is 0 Å². The van der Waals surface area contributed by atoms with Crippen molar-refractivity contribution in [1.82, 2.24) is 20.2 Å². The number of fused-ring (bicyclic) bond motifs is 1. The second kappa shape index (κ2) is 4.36. The Morgan fingerprint density at radius 1 is 1.32 bits per heavy atom. The van der Waals surface area contributed by atoms with E-state index >= 15 is 0 Å². The van der Waals surface area contributed by atoms with Crippen LogP contribution in [-0.2, 0) is 0 Å². The summed E-state index contributed by atoms with van der Waals surface area (Å²) in [5.41, 5.74) is 6.62. The summed E-state index contributed by atoms with van der Waals surface area (Å²) in [6, 6.07) is 4.02. The molecule has 1 aromatic carbocycles. The number of aromatic amines is 1. The van der Waals surface area contributed by atoms with E-state index in [1.165, 1.54) is 18.2 Å². The average molecular weight is 279 g/mol. The smallest absolute Gasteiger partial charge is 0.224 e. The molecule has 0 spiro atoms. The highest BCUT2D eigenvalue weighted by Crippen LogP contribution is 2.28. The van der Waals surface area contributed by atoms with Gasteiger partial charge in [-0.2, -0.15) is 15.1 Å². The van der Waals surface area contributed by atoms with Crippen molar-refractivity contribution in [3.8, 4) is 0 Å². The standard InChI is InChI=1S/C11H8ClFN6/c12-7-3-5(13)1-2-8(7)16-9-6-4-15-19-10(6)18-11(14)17-9/h1-4H,(H4,14,15,16,17,18,19). The molecule has 0 saturated heterocycles. The number of nitrogens with zero attached hydrogens (tertiary/aromatic N) is 3. The van der Waals surface area contributed by atoms with Gasteiger partial charge in [0.15, 0.2) is 5.65 Å². The van der Waals surface area contributed by atoms with E-state index in [-0.39, 0.29) is 11.0 Å². The third-order valence-corrected chi connectivity index (χ3v) is 2.82. The Bertz CT molecular complexity index is 756. The molecule has 4 N–H and O–H groups in total. The van der Waals surface area contributed by atoms with E-state index in [9.17, 15) is 4.39 Å². The molecule has 0 radical (unpaired) electrons. The van der Waals surface area contributed by atoms with Gasteiger partial charge in [0.25, 0.3) is 0 Å². The van der Waals surface area contributed by atoms with Gasteiger partial charge >= 0.3 is 0 Å². The van der Waals surface area contributed by atoms with E-state index in [1.807, 2.05) is 0 Å². The first-order valence-electron chi connectivity index (χ1n) is 5.32. The van der Waals surface area contributed by atoms with Gasteiger partial charge in [-0.15, -0.1) is 0 Å². The minimum Gasteiger partial charge on any atom is -0.368 e. The third-order valence-electron chi connectivity index (χ3n) is 2.51. The van der Waals surface area contributed by atoms with Gasteiger partial charge in [0.05, 0.1) is 22.3 Å². The van der Waals surface area contributed by atoms with Crippen LogP contribution in [-0.4, -0.2) is 20.2 Å². The molecule has 3 rings (SSSR count). The van der Waals surface area contributed by atoms with Crippen molar-refractivity contribution in [1.29, 1.82) is 0 Å². The summed E-state index contributed by atoms with van der Waals surface area (Å²) in [7, 11) is 0. The van der Waals surface area contributed by atoms with Gasteiger partial charge < -0.3 is 11.1 Å². The number of benzene rings is 1. The number of halogens is 2. The fourth-order valence-electron chi connectivity index (χ4n) is 1.67. The second-order valence-corrected chi connectivity index (χ2v) is 4.22. The monoisotopic (exact) mass is 278 g/mol. The van der Waals surface area contributed by atoms with Gasteiger partial charge in [-0.3, -0.25) is 5.10 Å². The van der Waals surface area contributed by atoms with Gasteiger partial charge in [0.1, 0.15) is 11.6 Å². The van der Waals surface area contributed by atoms with Crippen molar-refractivity contribution in [2.24, 2.45) is 0 Å². The van der Waals surface area contributed by atoms with E-state index in [0.717, 1.165) is 0 Å². The molecule has 0 bridgehead atoms. The van der Waals surface area contributed by atoms with Crippen molar-refractivity contribution in [2.45, 2.75) is 0 Å². The Morgan fingerprint density at radius 3 is 2.95 bits per heavy atom. The summed E-state index contributed by atoms with van der Waals surface area (Å²) in [5, 5.41) is 10.4. The average Bonchev–Trinajstić information content (AvgIpc) is 2.80. The highest BCUT2D eigenvalue weighted by molar-refractivity contribution is 6.33. The molecule has 8 heteroatoms. The highest BCUT2D eigenvalue weighted by Gasteiger charge is 2.10. The van der Waals surface area contributed by atoms with Crippen LogP contribution < -0.4 is 11.1 Å². The Labute approximate surface area is 111 Å². The van der Waals surface area contributed by atoms with Gasteiger partial charge in [-0.25, -0.2) is 4.39 Å². The summed E-state index contributed by atoms with van der Waals surface area (Å²) in [5.74, 6) is 0.133. The third kappa shape index (κ3) is 2.15. The van der Waals surface area contributed by atoms with Gasteiger partial charge in [0, 0.05) is 0 Å². The van der Waals surface area contributed by atoms with Crippen LogP contribution in [0.25, 0.3) is 11.0 Å². The van der Waals surface area contributed by atoms with Crippen molar-refractivity contribution < 1.29 is 4.39 Å². The summed E-state index contributed by atoms with van der Waals surface area (Å²) in [6.45, 7) is 0. The van der Waals surface area contributed by atoms with Gasteiger partial charge in [-0.05, 0) is 18.2 Å². The number of rotatable bonds is 2. The second-order valence-electron chi connectivity index (χ2n) is 3.81. The van der Waals surface area contributed by atoms with Crippen LogP contribution in [0.3, 0.4) is 0 Å². The first-order chi connectivity index (χ1) is 9.13. The molecule has 0 unspecified atom stereocenters. The maximum Gasteiger partial charge on any atom is 0.224 e. The Hall–Kier alpha value is -2.41. The zero-order valence-electron chi connectivity index (χ0n) is 9.48. The quantitative estimate of drug-likeness (QED) is 0.670. The molecule has 0 aliphatic heterocycles. The molecule has 0 atom stereocenters. The number of hydrogen-bond acceptors (Lipinski definition) is 5. The number of aromatic nitrogens is 4. The Morgan fingerprint density at radius 2 is 2.16 bits per heavy atom. The van der Waals surface area contributed by atoms with Crippen LogP contribution in [0.1, 0.15) is 0 Å². The molecule has 0 aliphatic carbocycles. The molecular formula is C11H8ClFN6. The minimum absolute atomic E-state index is 0.0949. The van der Waals surface area contributed by atoms with E-state index in [4.69, 9.17) is 17.3 Å². The lowest BCUT2D eigenvalue weighted by Gasteiger charge is -2.08. The summed E-state index contributed by atoms with van der Waals surface area (Å²) in [4.78, 5) is 8.07. The number of hydrogen-bond donors (Lipinski definition) is 3. The molecule has 0 fully saturated rings. The molecule has 2 heterocycles. The Balaban J connectivity index is 2.07. The van der Waals surface area contributed by atoms with Crippen LogP contribution in [0, 0.1) is 5.82 Å². The van der Waals surface area contributed by atoms with Crippen LogP contribution in [0.15, 0.2) is 24.4 Å². The lowest BCUT2D eigenvalue weighted by atomic mass is 10.3. The molecule has 19 heavy (non-hydrogen) atoms. The first kappa shape index (κ1) is 11.7. The summed E-state index contributed by atoms with van der Waals surface area (Å²) < 4.78 is 13.0. The SMILES string of the molecule is Nc1nc(Nc2ccc(F)cc2Cl)c2cn[nH]c2n1. The highest BCUT2D eigenvalue weighted by atomic mass is 35.5. The molecule has 0 saturated carbocycles. The number of nitrogens with one attached hydrogen (secondary N) is 2. The normalized spacial score (nSPS) is 10.8.